The number of carbonyl (C=O) groups is 4. The molecular weight excluding hydrogens is 617 g/mol. The Bertz CT molecular complexity index is 1790. The zero-order valence-corrected chi connectivity index (χ0v) is 27.0. The zero-order chi connectivity index (χ0) is 34.4. The summed E-state index contributed by atoms with van der Waals surface area (Å²) in [5.41, 5.74) is 0.627. The summed E-state index contributed by atoms with van der Waals surface area (Å²) in [7, 11) is 0. The normalized spacial score (nSPS) is 19.9. The summed E-state index contributed by atoms with van der Waals surface area (Å²) in [4.78, 5) is 51.4. The molecule has 5 rings (SSSR count). The minimum absolute atomic E-state index is 0.203. The number of ether oxygens (including phenoxy) is 4. The molecule has 0 aromatic heterocycles. The summed E-state index contributed by atoms with van der Waals surface area (Å²) in [6.07, 6.45) is -3.51. The minimum atomic E-state index is -1.28. The highest BCUT2D eigenvalue weighted by molar-refractivity contribution is 6.04. The van der Waals surface area contributed by atoms with Gasteiger partial charge in [0.2, 0.25) is 18.3 Å². The van der Waals surface area contributed by atoms with Crippen LogP contribution in [0.5, 0.6) is 5.75 Å². The summed E-state index contributed by atoms with van der Waals surface area (Å²) in [5, 5.41) is 2.49. The first kappa shape index (κ1) is 34.0. The topological polar surface area (TPSA) is 117 Å². The Morgan fingerprint density at radius 3 is 1.98 bits per heavy atom. The number of amides is 1. The SMILES string of the molecule is CC(=O)NCC(=O)c1ccc(O[C@@H]2OC(C)(C)[C@H](C)[C@@H](OC(=O)c3ccccc3)[C@H]2OC(=O)c2ccccc2)cc1-c1cccc(F)c1. The van der Waals surface area contributed by atoms with Crippen molar-refractivity contribution in [2.75, 3.05) is 6.54 Å². The van der Waals surface area contributed by atoms with Gasteiger partial charge in [0.25, 0.3) is 0 Å². The van der Waals surface area contributed by atoms with Crippen LogP contribution >= 0.6 is 0 Å². The van der Waals surface area contributed by atoms with Crippen molar-refractivity contribution < 1.29 is 42.5 Å². The molecule has 0 unspecified atom stereocenters. The van der Waals surface area contributed by atoms with E-state index in [-0.39, 0.29) is 29.3 Å². The molecule has 1 amide bonds. The molecule has 1 saturated heterocycles. The Balaban J connectivity index is 1.53. The average Bonchev–Trinajstić information content (AvgIpc) is 3.08. The number of esters is 2. The molecule has 4 atom stereocenters. The van der Waals surface area contributed by atoms with Gasteiger partial charge in [-0.15, -0.1) is 0 Å². The quantitative estimate of drug-likeness (QED) is 0.154. The van der Waals surface area contributed by atoms with Crippen molar-refractivity contribution in [2.45, 2.75) is 51.8 Å². The minimum Gasteiger partial charge on any atom is -0.461 e. The molecule has 1 fully saturated rings. The van der Waals surface area contributed by atoms with E-state index in [0.29, 0.717) is 16.7 Å². The summed E-state index contributed by atoms with van der Waals surface area (Å²) in [6.45, 7) is 6.50. The van der Waals surface area contributed by atoms with E-state index in [0.717, 1.165) is 0 Å². The summed E-state index contributed by atoms with van der Waals surface area (Å²) < 4.78 is 39.2. The van der Waals surface area contributed by atoms with Crippen LogP contribution in [0.1, 0.15) is 58.8 Å². The van der Waals surface area contributed by atoms with Crippen LogP contribution in [0.25, 0.3) is 11.1 Å². The second-order valence-corrected chi connectivity index (χ2v) is 12.0. The van der Waals surface area contributed by atoms with Gasteiger partial charge in [0, 0.05) is 18.4 Å². The Labute approximate surface area is 278 Å². The van der Waals surface area contributed by atoms with Crippen molar-refractivity contribution in [3.05, 3.63) is 126 Å². The second-order valence-electron chi connectivity index (χ2n) is 12.0. The lowest BCUT2D eigenvalue weighted by Crippen LogP contribution is -2.62. The fourth-order valence-electron chi connectivity index (χ4n) is 5.39. The lowest BCUT2D eigenvalue weighted by atomic mass is 9.82. The van der Waals surface area contributed by atoms with Gasteiger partial charge in [0.05, 0.1) is 23.3 Å². The van der Waals surface area contributed by atoms with Crippen LogP contribution in [0, 0.1) is 11.7 Å². The molecule has 1 N–H and O–H groups in total. The van der Waals surface area contributed by atoms with Gasteiger partial charge in [-0.25, -0.2) is 14.0 Å². The number of rotatable bonds is 10. The van der Waals surface area contributed by atoms with Gasteiger partial charge in [0.1, 0.15) is 11.6 Å². The third-order valence-electron chi connectivity index (χ3n) is 8.28. The Morgan fingerprint density at radius 1 is 0.792 bits per heavy atom. The number of hydrogen-bond acceptors (Lipinski definition) is 8. The van der Waals surface area contributed by atoms with Gasteiger partial charge in [-0.05, 0) is 79.6 Å². The van der Waals surface area contributed by atoms with Crippen LogP contribution in [0.3, 0.4) is 0 Å². The average molecular weight is 654 g/mol. The lowest BCUT2D eigenvalue weighted by molar-refractivity contribution is -0.283. The monoisotopic (exact) mass is 653 g/mol. The Hall–Kier alpha value is -5.35. The maximum atomic E-state index is 14.3. The molecule has 248 valence electrons. The van der Waals surface area contributed by atoms with Crippen molar-refractivity contribution in [3.8, 4) is 16.9 Å². The highest BCUT2D eigenvalue weighted by Crippen LogP contribution is 2.39. The van der Waals surface area contributed by atoms with E-state index < -0.39 is 53.6 Å². The Kier molecular flexibility index (Phi) is 10.3. The molecule has 0 spiro atoms. The van der Waals surface area contributed by atoms with E-state index in [1.165, 1.54) is 37.3 Å². The van der Waals surface area contributed by atoms with E-state index in [1.807, 2.05) is 20.8 Å². The van der Waals surface area contributed by atoms with E-state index in [9.17, 15) is 23.6 Å². The van der Waals surface area contributed by atoms with Crippen LogP contribution < -0.4 is 10.1 Å². The molecule has 1 aliphatic rings. The highest BCUT2D eigenvalue weighted by Gasteiger charge is 2.53. The van der Waals surface area contributed by atoms with Gasteiger partial charge in [0.15, 0.2) is 11.9 Å². The van der Waals surface area contributed by atoms with Crippen LogP contribution in [0.4, 0.5) is 4.39 Å². The van der Waals surface area contributed by atoms with Gasteiger partial charge >= 0.3 is 11.9 Å². The molecule has 4 aromatic rings. The molecule has 1 heterocycles. The van der Waals surface area contributed by atoms with Gasteiger partial charge in [-0.3, -0.25) is 9.59 Å². The molecule has 48 heavy (non-hydrogen) atoms. The van der Waals surface area contributed by atoms with Crippen molar-refractivity contribution in [3.63, 3.8) is 0 Å². The van der Waals surface area contributed by atoms with Crippen molar-refractivity contribution in [1.82, 2.24) is 5.32 Å². The van der Waals surface area contributed by atoms with E-state index in [1.54, 1.807) is 72.8 Å². The fourth-order valence-corrected chi connectivity index (χ4v) is 5.39. The molecule has 0 radical (unpaired) electrons. The molecule has 4 aromatic carbocycles. The second kappa shape index (κ2) is 14.6. The van der Waals surface area contributed by atoms with Crippen LogP contribution in [0.15, 0.2) is 103 Å². The van der Waals surface area contributed by atoms with E-state index >= 15 is 0 Å². The lowest BCUT2D eigenvalue weighted by Gasteiger charge is -2.48. The van der Waals surface area contributed by atoms with E-state index in [2.05, 4.69) is 5.32 Å². The Morgan fingerprint density at radius 2 is 1.40 bits per heavy atom. The first-order valence-electron chi connectivity index (χ1n) is 15.5. The van der Waals surface area contributed by atoms with Crippen LogP contribution in [0.2, 0.25) is 0 Å². The smallest absolute Gasteiger partial charge is 0.338 e. The van der Waals surface area contributed by atoms with Gasteiger partial charge < -0.3 is 24.3 Å². The molecule has 1 aliphatic heterocycles. The molecule has 9 nitrogen and oxygen atoms in total. The molecule has 10 heteroatoms. The zero-order valence-electron chi connectivity index (χ0n) is 27.0. The van der Waals surface area contributed by atoms with Crippen molar-refractivity contribution in [1.29, 1.82) is 0 Å². The van der Waals surface area contributed by atoms with Gasteiger partial charge in [-0.1, -0.05) is 55.5 Å². The molecular formula is C38H36FNO8. The standard InChI is InChI=1S/C38H36FNO8/c1-23-33(46-35(43)25-12-7-5-8-13-25)34(47-36(44)26-14-9-6-10-15-26)37(48-38(23,3)4)45-29-18-19-30(32(42)22-40-24(2)41)31(21-29)27-16-11-17-28(39)20-27/h5-21,23,33-34,37H,22H2,1-4H3,(H,40,41)/t23-,33-,34-,37-/m1/s1. The molecule has 0 saturated carbocycles. The highest BCUT2D eigenvalue weighted by atomic mass is 19.1. The summed E-state index contributed by atoms with van der Waals surface area (Å²) in [6, 6.07) is 27.1. The molecule has 0 bridgehead atoms. The largest absolute Gasteiger partial charge is 0.461 e. The maximum absolute atomic E-state index is 14.3. The first-order valence-corrected chi connectivity index (χ1v) is 15.5. The third kappa shape index (κ3) is 7.95. The summed E-state index contributed by atoms with van der Waals surface area (Å²) in [5.74, 6) is -2.83. The number of halogens is 1. The number of benzene rings is 4. The van der Waals surface area contributed by atoms with Crippen molar-refractivity contribution >= 4 is 23.6 Å². The number of carbonyl (C=O) groups excluding carboxylic acids is 4. The van der Waals surface area contributed by atoms with Gasteiger partial charge in [-0.2, -0.15) is 0 Å². The van der Waals surface area contributed by atoms with Crippen molar-refractivity contribution in [2.24, 2.45) is 5.92 Å². The van der Waals surface area contributed by atoms with Crippen LogP contribution in [-0.2, 0) is 19.0 Å². The fraction of sp³-hybridized carbons (Fsp3) is 0.263. The molecule has 0 aliphatic carbocycles. The third-order valence-corrected chi connectivity index (χ3v) is 8.28. The maximum Gasteiger partial charge on any atom is 0.338 e. The predicted molar refractivity (Wildman–Crippen MR) is 175 cm³/mol. The predicted octanol–water partition coefficient (Wildman–Crippen LogP) is 6.41. The summed E-state index contributed by atoms with van der Waals surface area (Å²) >= 11 is 0. The number of hydrogen-bond donors (Lipinski definition) is 1. The number of nitrogens with one attached hydrogen (secondary N) is 1. The number of Topliss-reactive ketones (excluding diaryl/α,β-unsaturated/α-hetero) is 1. The van der Waals surface area contributed by atoms with Crippen LogP contribution in [-0.4, -0.2) is 54.3 Å². The number of ketones is 1. The van der Waals surface area contributed by atoms with E-state index in [4.69, 9.17) is 18.9 Å². The first-order chi connectivity index (χ1) is 22.9.